The van der Waals surface area contributed by atoms with Gasteiger partial charge in [0.05, 0.1) is 26.2 Å². The molecule has 26 heavy (non-hydrogen) atoms. The van der Waals surface area contributed by atoms with Crippen molar-refractivity contribution in [3.8, 4) is 11.5 Å². The third-order valence-corrected chi connectivity index (χ3v) is 5.68. The Morgan fingerprint density at radius 2 is 1.96 bits per heavy atom. The highest BCUT2D eigenvalue weighted by Gasteiger charge is 2.15. The number of nitrogens with two attached hydrogens (primary N) is 1. The summed E-state index contributed by atoms with van der Waals surface area (Å²) in [6, 6.07) is 5.86. The molecule has 0 unspecified atom stereocenters. The van der Waals surface area contributed by atoms with E-state index in [1.807, 2.05) is 18.2 Å². The number of nitrogens with one attached hydrogen (secondary N) is 1. The summed E-state index contributed by atoms with van der Waals surface area (Å²) in [5.74, 6) is 2.78. The van der Waals surface area contributed by atoms with Gasteiger partial charge in [0.15, 0.2) is 0 Å². The molecule has 2 heterocycles. The van der Waals surface area contributed by atoms with Gasteiger partial charge in [0.1, 0.15) is 28.0 Å². The van der Waals surface area contributed by atoms with Crippen molar-refractivity contribution in [3.05, 3.63) is 40.0 Å². The second-order valence-corrected chi connectivity index (χ2v) is 7.40. The van der Waals surface area contributed by atoms with E-state index in [0.717, 1.165) is 27.3 Å². The summed E-state index contributed by atoms with van der Waals surface area (Å²) in [5.41, 5.74) is 8.37. The lowest BCUT2D eigenvalue weighted by atomic mass is 10.1. The summed E-state index contributed by atoms with van der Waals surface area (Å²) in [6.45, 7) is 6.74. The molecule has 3 aromatic rings. The van der Waals surface area contributed by atoms with Crippen LogP contribution >= 0.6 is 11.3 Å². The molecule has 0 saturated carbocycles. The van der Waals surface area contributed by atoms with Gasteiger partial charge in [-0.15, -0.1) is 11.3 Å². The number of fused-ring (bicyclic) bond motifs is 1. The molecule has 138 valence electrons. The summed E-state index contributed by atoms with van der Waals surface area (Å²) < 4.78 is 10.7. The van der Waals surface area contributed by atoms with Crippen LogP contribution < -0.4 is 20.5 Å². The summed E-state index contributed by atoms with van der Waals surface area (Å²) in [4.78, 5) is 11.3. The summed E-state index contributed by atoms with van der Waals surface area (Å²) in [7, 11) is 3.30. The minimum atomic E-state index is 0.0585. The van der Waals surface area contributed by atoms with Gasteiger partial charge in [0, 0.05) is 22.5 Å². The molecule has 0 aliphatic carbocycles. The fourth-order valence-corrected chi connectivity index (χ4v) is 3.99. The topological polar surface area (TPSA) is 82.3 Å². The molecule has 0 aliphatic rings. The first-order valence-electron chi connectivity index (χ1n) is 8.42. The summed E-state index contributed by atoms with van der Waals surface area (Å²) in [6.07, 6.45) is 0. The first-order chi connectivity index (χ1) is 12.4. The van der Waals surface area contributed by atoms with E-state index in [1.54, 1.807) is 25.6 Å². The number of hydrogen-bond donors (Lipinski definition) is 2. The first kappa shape index (κ1) is 18.4. The van der Waals surface area contributed by atoms with Gasteiger partial charge >= 0.3 is 0 Å². The van der Waals surface area contributed by atoms with E-state index < -0.39 is 0 Å². The van der Waals surface area contributed by atoms with Crippen LogP contribution in [0.1, 0.15) is 34.8 Å². The molecule has 3 rings (SSSR count). The van der Waals surface area contributed by atoms with Gasteiger partial charge in [-0.05, 0) is 32.4 Å². The molecule has 7 heteroatoms. The molecule has 2 aromatic heterocycles. The largest absolute Gasteiger partial charge is 0.497 e. The van der Waals surface area contributed by atoms with Crippen molar-refractivity contribution < 1.29 is 9.47 Å². The lowest BCUT2D eigenvalue weighted by Gasteiger charge is -2.18. The Labute approximate surface area is 157 Å². The van der Waals surface area contributed by atoms with Crippen LogP contribution in [0.4, 0.5) is 5.82 Å². The first-order valence-corrected chi connectivity index (χ1v) is 9.23. The van der Waals surface area contributed by atoms with E-state index in [-0.39, 0.29) is 6.04 Å². The van der Waals surface area contributed by atoms with Gasteiger partial charge in [-0.1, -0.05) is 6.07 Å². The Balaban J connectivity index is 1.79. The van der Waals surface area contributed by atoms with Gasteiger partial charge in [-0.3, -0.25) is 0 Å². The maximum absolute atomic E-state index is 6.16. The van der Waals surface area contributed by atoms with Crippen LogP contribution in [0.5, 0.6) is 11.5 Å². The summed E-state index contributed by atoms with van der Waals surface area (Å²) >= 11 is 1.66. The maximum Gasteiger partial charge on any atom is 0.146 e. The fraction of sp³-hybridized carbons (Fsp3) is 0.368. The van der Waals surface area contributed by atoms with Crippen LogP contribution in [0.3, 0.4) is 0 Å². The van der Waals surface area contributed by atoms with Gasteiger partial charge < -0.3 is 20.5 Å². The molecule has 0 radical (unpaired) electrons. The highest BCUT2D eigenvalue weighted by molar-refractivity contribution is 7.18. The van der Waals surface area contributed by atoms with E-state index in [0.29, 0.717) is 18.2 Å². The van der Waals surface area contributed by atoms with Crippen LogP contribution in [0.2, 0.25) is 0 Å². The zero-order valence-corrected chi connectivity index (χ0v) is 16.5. The Bertz CT molecular complexity index is 939. The standard InChI is InChI=1S/C19H24N4O2S/c1-10-12(3)26-19-17(10)18(20)22-16(23-19)9-21-11(2)14-7-6-13(24-4)8-15(14)25-5/h6-8,11,21H,9H2,1-5H3,(H2,20,22,23)/t11-/m0/s1. The van der Waals surface area contributed by atoms with Gasteiger partial charge in [-0.2, -0.15) is 0 Å². The zero-order valence-electron chi connectivity index (χ0n) is 15.7. The molecule has 1 aromatic carbocycles. The van der Waals surface area contributed by atoms with Crippen LogP contribution in [0, 0.1) is 13.8 Å². The lowest BCUT2D eigenvalue weighted by Crippen LogP contribution is -2.20. The third kappa shape index (κ3) is 3.45. The third-order valence-electron chi connectivity index (χ3n) is 4.58. The van der Waals surface area contributed by atoms with Gasteiger partial charge in [0.2, 0.25) is 0 Å². The molecule has 1 atom stereocenters. The monoisotopic (exact) mass is 372 g/mol. The molecule has 0 saturated heterocycles. The predicted octanol–water partition coefficient (Wildman–Crippen LogP) is 3.76. The SMILES string of the molecule is COc1ccc([C@H](C)NCc2nc(N)c3c(C)c(C)sc3n2)c(OC)c1. The average Bonchev–Trinajstić information content (AvgIpc) is 2.93. The van der Waals surface area contributed by atoms with Crippen LogP contribution in [0.15, 0.2) is 18.2 Å². The average molecular weight is 372 g/mol. The van der Waals surface area contributed by atoms with Gasteiger partial charge in [0.25, 0.3) is 0 Å². The molecule has 0 fully saturated rings. The summed E-state index contributed by atoms with van der Waals surface area (Å²) in [5, 5.41) is 4.42. The predicted molar refractivity (Wildman–Crippen MR) is 106 cm³/mol. The van der Waals surface area contributed by atoms with Crippen LogP contribution in [-0.2, 0) is 6.54 Å². The van der Waals surface area contributed by atoms with Crippen molar-refractivity contribution in [2.75, 3.05) is 20.0 Å². The Morgan fingerprint density at radius 1 is 1.19 bits per heavy atom. The smallest absolute Gasteiger partial charge is 0.146 e. The van der Waals surface area contributed by atoms with Crippen molar-refractivity contribution in [2.24, 2.45) is 0 Å². The molecule has 0 spiro atoms. The number of thiophene rings is 1. The number of hydrogen-bond acceptors (Lipinski definition) is 7. The van der Waals surface area contributed by atoms with Crippen molar-refractivity contribution in [1.29, 1.82) is 0 Å². The van der Waals surface area contributed by atoms with E-state index in [1.165, 1.54) is 10.4 Å². The minimum absolute atomic E-state index is 0.0585. The van der Waals surface area contributed by atoms with E-state index in [9.17, 15) is 0 Å². The number of aryl methyl sites for hydroxylation is 2. The number of aromatic nitrogens is 2. The molecular weight excluding hydrogens is 348 g/mol. The molecule has 0 amide bonds. The molecule has 6 nitrogen and oxygen atoms in total. The lowest BCUT2D eigenvalue weighted by molar-refractivity contribution is 0.385. The van der Waals surface area contributed by atoms with E-state index in [4.69, 9.17) is 15.2 Å². The van der Waals surface area contributed by atoms with Crippen molar-refractivity contribution in [1.82, 2.24) is 15.3 Å². The Hall–Kier alpha value is -2.38. The van der Waals surface area contributed by atoms with Crippen molar-refractivity contribution >= 4 is 27.4 Å². The Morgan fingerprint density at radius 3 is 2.65 bits per heavy atom. The highest BCUT2D eigenvalue weighted by Crippen LogP contribution is 2.32. The zero-order chi connectivity index (χ0) is 18.8. The van der Waals surface area contributed by atoms with Crippen LogP contribution in [0.25, 0.3) is 10.2 Å². The number of ether oxygens (including phenoxy) is 2. The second-order valence-electron chi connectivity index (χ2n) is 6.20. The van der Waals surface area contributed by atoms with Crippen molar-refractivity contribution in [3.63, 3.8) is 0 Å². The number of methoxy groups -OCH3 is 2. The molecular formula is C19H24N4O2S. The normalized spacial score (nSPS) is 12.3. The fourth-order valence-electron chi connectivity index (χ4n) is 2.94. The van der Waals surface area contributed by atoms with Crippen molar-refractivity contribution in [2.45, 2.75) is 33.4 Å². The molecule has 0 bridgehead atoms. The Kier molecular flexibility index (Phi) is 5.29. The van der Waals surface area contributed by atoms with E-state index in [2.05, 4.69) is 36.1 Å². The van der Waals surface area contributed by atoms with Gasteiger partial charge in [-0.25, -0.2) is 9.97 Å². The molecule has 3 N–H and O–H groups in total. The van der Waals surface area contributed by atoms with Crippen LogP contribution in [-0.4, -0.2) is 24.2 Å². The number of benzene rings is 1. The number of nitrogen functional groups attached to an aromatic ring is 1. The quantitative estimate of drug-likeness (QED) is 0.686. The number of anilines is 1. The number of rotatable bonds is 6. The second kappa shape index (κ2) is 7.47. The minimum Gasteiger partial charge on any atom is -0.497 e. The highest BCUT2D eigenvalue weighted by atomic mass is 32.1. The maximum atomic E-state index is 6.16. The molecule has 0 aliphatic heterocycles. The number of nitrogens with zero attached hydrogens (tertiary/aromatic N) is 2. The van der Waals surface area contributed by atoms with E-state index >= 15 is 0 Å².